The molecule has 1 aromatic rings. The molecule has 2 bridgehead atoms. The van der Waals surface area contributed by atoms with E-state index in [4.69, 9.17) is 4.74 Å². The maximum atomic E-state index is 13.2. The molecule has 34 heavy (non-hydrogen) atoms. The van der Waals surface area contributed by atoms with Gasteiger partial charge in [0, 0.05) is 26.2 Å². The van der Waals surface area contributed by atoms with Gasteiger partial charge in [-0.2, -0.15) is 0 Å². The number of halogens is 1. The normalized spacial score (nSPS) is 36.3. The highest BCUT2D eigenvalue weighted by Crippen LogP contribution is 2.56. The predicted octanol–water partition coefficient (Wildman–Crippen LogP) is 4.51. The van der Waals surface area contributed by atoms with Gasteiger partial charge >= 0.3 is 0 Å². The van der Waals surface area contributed by atoms with E-state index in [9.17, 15) is 14.0 Å². The molecule has 2 amide bonds. The number of hydrogen-bond acceptors (Lipinski definition) is 4. The van der Waals surface area contributed by atoms with Crippen molar-refractivity contribution in [1.82, 2.24) is 9.80 Å². The van der Waals surface area contributed by atoms with Gasteiger partial charge < -0.3 is 9.64 Å². The van der Waals surface area contributed by atoms with E-state index in [0.29, 0.717) is 30.2 Å². The van der Waals surface area contributed by atoms with E-state index in [0.717, 1.165) is 63.9 Å². The van der Waals surface area contributed by atoms with E-state index < -0.39 is 0 Å². The monoisotopic (exact) mass is 468 g/mol. The minimum Gasteiger partial charge on any atom is -0.490 e. The quantitative estimate of drug-likeness (QED) is 0.577. The molecule has 0 spiro atoms. The number of rotatable bonds is 6. The summed E-state index contributed by atoms with van der Waals surface area (Å²) in [6.45, 7) is 3.72. The number of likely N-dealkylation sites (tertiary alicyclic amines) is 2. The zero-order chi connectivity index (χ0) is 23.2. The molecule has 5 fully saturated rings. The average molecular weight is 469 g/mol. The van der Waals surface area contributed by atoms with Gasteiger partial charge in [-0.25, -0.2) is 4.39 Å². The Morgan fingerprint density at radius 1 is 0.794 bits per heavy atom. The molecule has 6 rings (SSSR count). The van der Waals surface area contributed by atoms with E-state index in [1.54, 1.807) is 17.0 Å². The third-order valence-electron chi connectivity index (χ3n) is 9.65. The summed E-state index contributed by atoms with van der Waals surface area (Å²) < 4.78 is 19.2. The molecule has 5 aliphatic rings. The number of nitrogens with zero attached hydrogens (tertiary/aromatic N) is 2. The maximum absolute atomic E-state index is 13.2. The molecule has 3 saturated carbocycles. The molecule has 0 N–H and O–H groups in total. The van der Waals surface area contributed by atoms with Gasteiger partial charge in [0.15, 0.2) is 0 Å². The number of hydrogen-bond donors (Lipinski definition) is 0. The first kappa shape index (κ1) is 22.5. The maximum Gasteiger partial charge on any atom is 0.233 e. The Kier molecular flexibility index (Phi) is 6.13. The van der Waals surface area contributed by atoms with Crippen molar-refractivity contribution in [2.45, 2.75) is 63.9 Å². The van der Waals surface area contributed by atoms with Crippen molar-refractivity contribution in [3.63, 3.8) is 0 Å². The van der Waals surface area contributed by atoms with E-state index >= 15 is 0 Å². The zero-order valence-electron chi connectivity index (χ0n) is 20.0. The second kappa shape index (κ2) is 9.25. The van der Waals surface area contributed by atoms with Crippen LogP contribution in [0.2, 0.25) is 0 Å². The third kappa shape index (κ3) is 4.16. The molecule has 5 nitrogen and oxygen atoms in total. The Hall–Kier alpha value is -1.95. The number of amides is 2. The van der Waals surface area contributed by atoms with E-state index in [1.165, 1.54) is 31.4 Å². The lowest BCUT2D eigenvalue weighted by molar-refractivity contribution is -0.142. The Balaban J connectivity index is 1.03. The van der Waals surface area contributed by atoms with E-state index in [1.807, 2.05) is 0 Å². The second-order valence-corrected chi connectivity index (χ2v) is 11.5. The SMILES string of the molecule is O=C1C2C3CCC(C3)C2C(=O)N1CC1CCCCC1CN1CCC(Oc2ccc(F)cc2)CC1. The van der Waals surface area contributed by atoms with Crippen LogP contribution in [-0.2, 0) is 9.59 Å². The van der Waals surface area contributed by atoms with Crippen LogP contribution in [0.1, 0.15) is 57.8 Å². The Labute approximate surface area is 202 Å². The topological polar surface area (TPSA) is 49.9 Å². The first-order chi connectivity index (χ1) is 16.6. The van der Waals surface area contributed by atoms with Crippen molar-refractivity contribution in [1.29, 1.82) is 0 Å². The Bertz CT molecular complexity index is 885. The average Bonchev–Trinajstić information content (AvgIpc) is 3.53. The van der Waals surface area contributed by atoms with Gasteiger partial charge in [-0.1, -0.05) is 12.8 Å². The summed E-state index contributed by atoms with van der Waals surface area (Å²) in [5.74, 6) is 2.77. The first-order valence-corrected chi connectivity index (χ1v) is 13.6. The van der Waals surface area contributed by atoms with Crippen LogP contribution >= 0.6 is 0 Å². The number of piperidine rings is 1. The fraction of sp³-hybridized carbons (Fsp3) is 0.714. The Morgan fingerprint density at radius 3 is 2.00 bits per heavy atom. The highest BCUT2D eigenvalue weighted by molar-refractivity contribution is 6.06. The van der Waals surface area contributed by atoms with Crippen molar-refractivity contribution in [3.05, 3.63) is 30.1 Å². The largest absolute Gasteiger partial charge is 0.490 e. The van der Waals surface area contributed by atoms with E-state index in [2.05, 4.69) is 4.90 Å². The fourth-order valence-electron chi connectivity index (χ4n) is 7.90. The Morgan fingerprint density at radius 2 is 1.38 bits per heavy atom. The number of benzene rings is 1. The van der Waals surface area contributed by atoms with Crippen LogP contribution < -0.4 is 4.74 Å². The van der Waals surface area contributed by atoms with Gasteiger partial charge in [0.05, 0.1) is 11.8 Å². The van der Waals surface area contributed by atoms with E-state index in [-0.39, 0.29) is 35.6 Å². The second-order valence-electron chi connectivity index (χ2n) is 11.5. The summed E-state index contributed by atoms with van der Waals surface area (Å²) >= 11 is 0. The molecular formula is C28H37FN2O3. The molecule has 3 aliphatic carbocycles. The molecule has 6 atom stereocenters. The summed E-state index contributed by atoms with van der Waals surface area (Å²) in [5.41, 5.74) is 0. The summed E-state index contributed by atoms with van der Waals surface area (Å²) in [6, 6.07) is 6.30. The van der Waals surface area contributed by atoms with Gasteiger partial charge in [-0.3, -0.25) is 14.5 Å². The van der Waals surface area contributed by atoms with Crippen molar-refractivity contribution in [2.75, 3.05) is 26.2 Å². The fourth-order valence-corrected chi connectivity index (χ4v) is 7.90. The van der Waals surface area contributed by atoms with Crippen molar-refractivity contribution in [2.24, 2.45) is 35.5 Å². The van der Waals surface area contributed by atoms with Gasteiger partial charge in [0.1, 0.15) is 17.7 Å². The molecule has 0 radical (unpaired) electrons. The summed E-state index contributed by atoms with van der Waals surface area (Å²) in [7, 11) is 0. The first-order valence-electron chi connectivity index (χ1n) is 13.6. The van der Waals surface area contributed by atoms with Crippen molar-refractivity contribution >= 4 is 11.8 Å². The van der Waals surface area contributed by atoms with Gasteiger partial charge in [-0.15, -0.1) is 0 Å². The molecule has 184 valence electrons. The number of carbonyl (C=O) groups is 2. The number of fused-ring (bicyclic) bond motifs is 5. The molecule has 1 aromatic carbocycles. The highest BCUT2D eigenvalue weighted by Gasteiger charge is 2.61. The lowest BCUT2D eigenvalue weighted by atomic mass is 9.78. The van der Waals surface area contributed by atoms with Crippen LogP contribution in [0.15, 0.2) is 24.3 Å². The van der Waals surface area contributed by atoms with Gasteiger partial charge in [0.2, 0.25) is 11.8 Å². The zero-order valence-corrected chi connectivity index (χ0v) is 20.0. The highest BCUT2D eigenvalue weighted by atomic mass is 19.1. The smallest absolute Gasteiger partial charge is 0.233 e. The molecule has 2 heterocycles. The lowest BCUT2D eigenvalue weighted by Gasteiger charge is -2.39. The van der Waals surface area contributed by atoms with Crippen LogP contribution in [0.4, 0.5) is 4.39 Å². The van der Waals surface area contributed by atoms with Gasteiger partial charge in [-0.05, 0) is 92.9 Å². The molecule has 0 aromatic heterocycles. The summed E-state index contributed by atoms with van der Waals surface area (Å²) in [5, 5.41) is 0. The number of imide groups is 1. The minimum absolute atomic E-state index is 0.00780. The standard InChI is InChI=1S/C28H37FN2O3/c29-22-7-9-23(10-8-22)34-24-11-13-30(14-12-24)16-20-3-1-2-4-21(20)17-31-27(32)25-18-5-6-19(15-18)26(25)28(31)33/h7-10,18-21,24-26H,1-6,11-17H2. The molecule has 6 unspecified atom stereocenters. The number of ether oxygens (including phenoxy) is 1. The molecular weight excluding hydrogens is 431 g/mol. The molecule has 2 saturated heterocycles. The van der Waals surface area contributed by atoms with Crippen LogP contribution in [0.5, 0.6) is 5.75 Å². The number of carbonyl (C=O) groups excluding carboxylic acids is 2. The van der Waals surface area contributed by atoms with Gasteiger partial charge in [0.25, 0.3) is 0 Å². The van der Waals surface area contributed by atoms with Crippen LogP contribution in [0, 0.1) is 41.3 Å². The minimum atomic E-state index is -0.239. The summed E-state index contributed by atoms with van der Waals surface area (Å²) in [6.07, 6.45) is 10.3. The van der Waals surface area contributed by atoms with Crippen molar-refractivity contribution < 1.29 is 18.7 Å². The van der Waals surface area contributed by atoms with Crippen LogP contribution in [0.25, 0.3) is 0 Å². The summed E-state index contributed by atoms with van der Waals surface area (Å²) in [4.78, 5) is 30.7. The molecule has 6 heteroatoms. The molecule has 2 aliphatic heterocycles. The van der Waals surface area contributed by atoms with Crippen LogP contribution in [-0.4, -0.2) is 53.9 Å². The predicted molar refractivity (Wildman–Crippen MR) is 126 cm³/mol. The lowest BCUT2D eigenvalue weighted by Crippen LogP contribution is -2.45. The third-order valence-corrected chi connectivity index (χ3v) is 9.65. The van der Waals surface area contributed by atoms with Crippen LogP contribution in [0.3, 0.4) is 0 Å². The van der Waals surface area contributed by atoms with Crippen molar-refractivity contribution in [3.8, 4) is 5.75 Å².